The Kier molecular flexibility index (Phi) is 4.35. The summed E-state index contributed by atoms with van der Waals surface area (Å²) in [4.78, 5) is 19.2. The second-order valence-corrected chi connectivity index (χ2v) is 8.10. The van der Waals surface area contributed by atoms with Gasteiger partial charge in [-0.05, 0) is 25.5 Å². The maximum atomic E-state index is 13.9. The highest BCUT2D eigenvalue weighted by molar-refractivity contribution is 6.09. The average molecular weight is 411 g/mol. The molecular weight excluding hydrogens is 389 g/mol. The van der Waals surface area contributed by atoms with Crippen LogP contribution in [-0.2, 0) is 6.42 Å². The molecule has 30 heavy (non-hydrogen) atoms. The fourth-order valence-corrected chi connectivity index (χ4v) is 4.11. The number of anilines is 2. The zero-order valence-electron chi connectivity index (χ0n) is 16.5. The third-order valence-corrected chi connectivity index (χ3v) is 5.68. The van der Waals surface area contributed by atoms with E-state index >= 15 is 0 Å². The highest BCUT2D eigenvalue weighted by Gasteiger charge is 2.36. The number of benzene rings is 1. The van der Waals surface area contributed by atoms with Crippen molar-refractivity contribution < 1.29 is 19.0 Å². The van der Waals surface area contributed by atoms with Crippen molar-refractivity contribution in [1.82, 2.24) is 14.6 Å². The van der Waals surface area contributed by atoms with Crippen molar-refractivity contribution >= 4 is 22.9 Å². The Labute approximate surface area is 172 Å². The number of aromatic nitrogens is 3. The molecule has 0 unspecified atom stereocenters. The first-order valence-electron chi connectivity index (χ1n) is 9.91. The lowest BCUT2D eigenvalue weighted by Gasteiger charge is -2.23. The van der Waals surface area contributed by atoms with Crippen LogP contribution in [0.3, 0.4) is 0 Å². The smallest absolute Gasteiger partial charge is 0.261 e. The van der Waals surface area contributed by atoms with Crippen LogP contribution in [0, 0.1) is 0 Å². The molecule has 1 amide bonds. The summed E-state index contributed by atoms with van der Waals surface area (Å²) in [7, 11) is 0. The van der Waals surface area contributed by atoms with Crippen LogP contribution in [0.25, 0.3) is 5.65 Å². The number of hydrogen-bond donors (Lipinski definition) is 2. The summed E-state index contributed by atoms with van der Waals surface area (Å²) in [5.41, 5.74) is 2.27. The Morgan fingerprint density at radius 3 is 3.10 bits per heavy atom. The van der Waals surface area contributed by atoms with Crippen LogP contribution < -0.4 is 15.0 Å². The van der Waals surface area contributed by atoms with Gasteiger partial charge in [0.2, 0.25) is 0 Å². The van der Waals surface area contributed by atoms with E-state index in [4.69, 9.17) is 4.74 Å². The summed E-state index contributed by atoms with van der Waals surface area (Å²) < 4.78 is 21.4. The molecule has 5 rings (SSSR count). The Morgan fingerprint density at radius 1 is 1.47 bits per heavy atom. The monoisotopic (exact) mass is 411 g/mol. The van der Waals surface area contributed by atoms with Gasteiger partial charge in [-0.2, -0.15) is 5.10 Å². The van der Waals surface area contributed by atoms with E-state index in [9.17, 15) is 14.3 Å². The molecule has 1 fully saturated rings. The number of ether oxygens (including phenoxy) is 1. The molecule has 4 heterocycles. The van der Waals surface area contributed by atoms with Gasteiger partial charge in [0.05, 0.1) is 24.2 Å². The van der Waals surface area contributed by atoms with Crippen molar-refractivity contribution in [1.29, 1.82) is 0 Å². The Balaban J connectivity index is 1.52. The quantitative estimate of drug-likeness (QED) is 0.684. The highest BCUT2D eigenvalue weighted by atomic mass is 19.1. The van der Waals surface area contributed by atoms with E-state index in [1.165, 1.54) is 10.7 Å². The molecule has 9 heteroatoms. The number of rotatable bonds is 4. The lowest BCUT2D eigenvalue weighted by molar-refractivity contribution is 0.0447. The Morgan fingerprint density at radius 2 is 2.33 bits per heavy atom. The SMILES string of the molecule is C[C@]1(CO)Cc2cc(NC(=O)c3cnn4cccnc34)c(N3CC[C@@H](F)C3)cc2O1. The summed E-state index contributed by atoms with van der Waals surface area (Å²) in [6, 6.07) is 5.42. The molecule has 8 nitrogen and oxygen atoms in total. The van der Waals surface area contributed by atoms with E-state index < -0.39 is 11.8 Å². The van der Waals surface area contributed by atoms with Gasteiger partial charge in [0, 0.05) is 43.5 Å². The first kappa shape index (κ1) is 18.8. The number of fused-ring (bicyclic) bond motifs is 2. The first-order valence-corrected chi connectivity index (χ1v) is 9.91. The van der Waals surface area contributed by atoms with E-state index in [0.717, 1.165) is 5.56 Å². The lowest BCUT2D eigenvalue weighted by atomic mass is 9.99. The van der Waals surface area contributed by atoms with Crippen LogP contribution >= 0.6 is 0 Å². The molecule has 0 bridgehead atoms. The number of aliphatic hydroxyl groups is 1. The van der Waals surface area contributed by atoms with E-state index in [1.54, 1.807) is 18.5 Å². The number of amides is 1. The van der Waals surface area contributed by atoms with Gasteiger partial charge in [-0.3, -0.25) is 4.79 Å². The predicted octanol–water partition coefficient (Wildman–Crippen LogP) is 2.22. The fourth-order valence-electron chi connectivity index (χ4n) is 4.11. The molecule has 2 aliphatic heterocycles. The minimum Gasteiger partial charge on any atom is -0.484 e. The van der Waals surface area contributed by atoms with Crippen LogP contribution in [0.2, 0.25) is 0 Å². The third kappa shape index (κ3) is 3.15. The number of alkyl halides is 1. The Bertz CT molecular complexity index is 1130. The van der Waals surface area contributed by atoms with E-state index in [0.29, 0.717) is 47.7 Å². The zero-order valence-corrected chi connectivity index (χ0v) is 16.5. The molecule has 3 aromatic rings. The van der Waals surface area contributed by atoms with Crippen LogP contribution in [0.1, 0.15) is 29.3 Å². The molecule has 1 saturated heterocycles. The normalized spacial score (nSPS) is 22.9. The predicted molar refractivity (Wildman–Crippen MR) is 109 cm³/mol. The maximum absolute atomic E-state index is 13.9. The van der Waals surface area contributed by atoms with E-state index in [1.807, 2.05) is 24.0 Å². The maximum Gasteiger partial charge on any atom is 0.261 e. The fraction of sp³-hybridized carbons (Fsp3) is 0.381. The van der Waals surface area contributed by atoms with Gasteiger partial charge >= 0.3 is 0 Å². The average Bonchev–Trinajstić information content (AvgIpc) is 3.43. The zero-order chi connectivity index (χ0) is 20.9. The molecule has 2 N–H and O–H groups in total. The molecule has 2 aliphatic rings. The van der Waals surface area contributed by atoms with Crippen LogP contribution in [0.15, 0.2) is 36.8 Å². The van der Waals surface area contributed by atoms with Crippen molar-refractivity contribution in [3.8, 4) is 5.75 Å². The van der Waals surface area contributed by atoms with Crippen molar-refractivity contribution in [3.63, 3.8) is 0 Å². The van der Waals surface area contributed by atoms with Gasteiger partial charge in [-0.15, -0.1) is 0 Å². The van der Waals surface area contributed by atoms with Crippen molar-refractivity contribution in [2.75, 3.05) is 29.9 Å². The standard InChI is InChI=1S/C21H22FN5O3/c1-21(12-28)9-13-7-16(17(8-18(13)30-21)26-6-3-14(22)11-26)25-20(29)15-10-24-27-5-2-4-23-19(15)27/h2,4-5,7-8,10,14,28H,3,6,9,11-12H2,1H3,(H,25,29)/t14-,21-/m1/s1. The second kappa shape index (κ2) is 6.94. The lowest BCUT2D eigenvalue weighted by Crippen LogP contribution is -2.34. The summed E-state index contributed by atoms with van der Waals surface area (Å²) in [6.45, 7) is 2.53. The van der Waals surface area contributed by atoms with Crippen molar-refractivity contribution in [2.45, 2.75) is 31.5 Å². The molecule has 156 valence electrons. The molecule has 0 radical (unpaired) electrons. The molecule has 2 aromatic heterocycles. The van der Waals surface area contributed by atoms with Gasteiger partial charge in [0.15, 0.2) is 5.65 Å². The molecule has 2 atom stereocenters. The minimum atomic E-state index is -0.908. The molecule has 1 aromatic carbocycles. The van der Waals surface area contributed by atoms with Gasteiger partial charge in [-0.25, -0.2) is 13.9 Å². The number of carbonyl (C=O) groups is 1. The first-order chi connectivity index (χ1) is 14.5. The van der Waals surface area contributed by atoms with Crippen molar-refractivity contribution in [3.05, 3.63) is 47.9 Å². The van der Waals surface area contributed by atoms with Crippen LogP contribution in [0.4, 0.5) is 15.8 Å². The van der Waals surface area contributed by atoms with Crippen LogP contribution in [0.5, 0.6) is 5.75 Å². The summed E-state index contributed by atoms with van der Waals surface area (Å²) in [6.07, 6.45) is 4.86. The molecule has 0 saturated carbocycles. The van der Waals surface area contributed by atoms with E-state index in [-0.39, 0.29) is 19.1 Å². The number of nitrogens with zero attached hydrogens (tertiary/aromatic N) is 4. The minimum absolute atomic E-state index is 0.122. The number of hydrogen-bond acceptors (Lipinski definition) is 6. The summed E-state index contributed by atoms with van der Waals surface area (Å²) in [5.74, 6) is 0.309. The number of nitrogens with one attached hydrogen (secondary N) is 1. The van der Waals surface area contributed by atoms with Crippen LogP contribution in [-0.4, -0.2) is 57.1 Å². The molecule has 0 spiro atoms. The molecular formula is C21H22FN5O3. The largest absolute Gasteiger partial charge is 0.484 e. The number of carbonyl (C=O) groups excluding carboxylic acids is 1. The van der Waals surface area contributed by atoms with Gasteiger partial charge in [0.1, 0.15) is 23.1 Å². The third-order valence-electron chi connectivity index (χ3n) is 5.68. The summed E-state index contributed by atoms with van der Waals surface area (Å²) >= 11 is 0. The number of halogens is 1. The second-order valence-electron chi connectivity index (χ2n) is 8.10. The highest BCUT2D eigenvalue weighted by Crippen LogP contribution is 2.42. The van der Waals surface area contributed by atoms with Gasteiger partial charge < -0.3 is 20.1 Å². The molecule has 0 aliphatic carbocycles. The van der Waals surface area contributed by atoms with E-state index in [2.05, 4.69) is 15.4 Å². The number of aliphatic hydroxyl groups excluding tert-OH is 1. The topological polar surface area (TPSA) is 92.0 Å². The Hall–Kier alpha value is -3.20. The summed E-state index contributed by atoms with van der Waals surface area (Å²) in [5, 5.41) is 16.8. The van der Waals surface area contributed by atoms with Crippen molar-refractivity contribution in [2.24, 2.45) is 0 Å². The van der Waals surface area contributed by atoms with Gasteiger partial charge in [-0.1, -0.05) is 0 Å². The van der Waals surface area contributed by atoms with Gasteiger partial charge in [0.25, 0.3) is 5.91 Å².